The van der Waals surface area contributed by atoms with Gasteiger partial charge in [-0.3, -0.25) is 9.80 Å². The summed E-state index contributed by atoms with van der Waals surface area (Å²) in [5.74, 6) is 1.29. The highest BCUT2D eigenvalue weighted by Crippen LogP contribution is 2.39. The van der Waals surface area contributed by atoms with Gasteiger partial charge in [-0.1, -0.05) is 42.5 Å². The van der Waals surface area contributed by atoms with Gasteiger partial charge in [-0.2, -0.15) is 4.73 Å². The van der Waals surface area contributed by atoms with Crippen LogP contribution in [0.15, 0.2) is 48.7 Å². The van der Waals surface area contributed by atoms with Gasteiger partial charge in [0.25, 0.3) is 0 Å². The van der Waals surface area contributed by atoms with Gasteiger partial charge in [0.05, 0.1) is 35.4 Å². The van der Waals surface area contributed by atoms with Crippen LogP contribution in [0.4, 0.5) is 9.59 Å². The third kappa shape index (κ3) is 7.41. The maximum absolute atomic E-state index is 13.2. The van der Waals surface area contributed by atoms with Crippen molar-refractivity contribution in [1.82, 2.24) is 29.5 Å². The zero-order chi connectivity index (χ0) is 36.8. The van der Waals surface area contributed by atoms with Gasteiger partial charge in [0.2, 0.25) is 0 Å². The number of aryl methyl sites for hydroxylation is 1. The normalized spacial score (nSPS) is 19.4. The number of carbonyl (C=O) groups excluding carboxylic acids is 2. The third-order valence-electron chi connectivity index (χ3n) is 10.2. The second kappa shape index (κ2) is 14.0. The van der Waals surface area contributed by atoms with Gasteiger partial charge in [0.1, 0.15) is 17.0 Å². The van der Waals surface area contributed by atoms with E-state index in [1.54, 1.807) is 9.80 Å². The SMILES string of the molecule is CC(C)(C)OC(=O)N1CCCC1c1ncc(-c2ccc(-c3ccc4c(c3)CCCCc3c-4nc([C@@H]4CCCCN4C(=O)OC(C)(C)C)n3O)cc2)[nH]1. The zero-order valence-corrected chi connectivity index (χ0v) is 31.4. The van der Waals surface area contributed by atoms with E-state index in [4.69, 9.17) is 14.5 Å². The molecule has 11 heteroatoms. The van der Waals surface area contributed by atoms with Crippen molar-refractivity contribution in [2.24, 2.45) is 0 Å². The first-order valence-corrected chi connectivity index (χ1v) is 18.8. The lowest BCUT2D eigenvalue weighted by Crippen LogP contribution is -2.42. The van der Waals surface area contributed by atoms with Crippen LogP contribution in [-0.2, 0) is 22.3 Å². The van der Waals surface area contributed by atoms with Crippen molar-refractivity contribution in [3.63, 3.8) is 0 Å². The number of hydrogen-bond acceptors (Lipinski definition) is 7. The molecule has 4 heterocycles. The molecule has 2 aromatic carbocycles. The van der Waals surface area contributed by atoms with E-state index in [1.165, 1.54) is 10.3 Å². The number of amides is 2. The molecule has 2 aromatic heterocycles. The smallest absolute Gasteiger partial charge is 0.410 e. The average molecular weight is 709 g/mol. The summed E-state index contributed by atoms with van der Waals surface area (Å²) < 4.78 is 12.7. The summed E-state index contributed by atoms with van der Waals surface area (Å²) >= 11 is 0. The Kier molecular flexibility index (Phi) is 9.56. The van der Waals surface area contributed by atoms with Crippen molar-refractivity contribution >= 4 is 12.2 Å². The quantitative estimate of drug-likeness (QED) is 0.203. The van der Waals surface area contributed by atoms with E-state index in [9.17, 15) is 14.8 Å². The molecule has 11 nitrogen and oxygen atoms in total. The highest BCUT2D eigenvalue weighted by atomic mass is 16.6. The van der Waals surface area contributed by atoms with Gasteiger partial charge in [-0.25, -0.2) is 19.6 Å². The molecule has 3 aliphatic rings. The van der Waals surface area contributed by atoms with Crippen molar-refractivity contribution in [2.75, 3.05) is 13.1 Å². The standard InChI is InChI=1S/C41H52N6O5/c1-40(2,3)51-38(48)45-23-11-15-33(45)36-42-25-31(43-36)27-18-16-26(17-19-27)28-20-21-30-29(24-28)12-7-8-13-32-35(30)44-37(47(32)50)34-14-9-10-22-46(34)39(49)52-41(4,5)6/h16-21,24-25,33-34,50H,7-15,22-23H2,1-6H3,(H,42,43)/t33?,34-/m0/s1. The number of aromatic nitrogens is 4. The molecule has 1 aliphatic carbocycles. The van der Waals surface area contributed by atoms with Gasteiger partial charge >= 0.3 is 12.2 Å². The fraction of sp³-hybridized carbons (Fsp3) is 0.512. The van der Waals surface area contributed by atoms with Crippen LogP contribution in [0.1, 0.15) is 121 Å². The number of hydrogen-bond donors (Lipinski definition) is 2. The summed E-state index contributed by atoms with van der Waals surface area (Å²) in [4.78, 5) is 42.8. The van der Waals surface area contributed by atoms with E-state index in [-0.39, 0.29) is 24.3 Å². The predicted octanol–water partition coefficient (Wildman–Crippen LogP) is 9.26. The molecule has 4 aromatic rings. The summed E-state index contributed by atoms with van der Waals surface area (Å²) in [7, 11) is 0. The first-order valence-electron chi connectivity index (χ1n) is 18.8. The molecule has 0 spiro atoms. The van der Waals surface area contributed by atoms with Gasteiger partial charge < -0.3 is 19.7 Å². The van der Waals surface area contributed by atoms with Crippen LogP contribution in [0.25, 0.3) is 33.6 Å². The highest BCUT2D eigenvalue weighted by molar-refractivity contribution is 5.75. The zero-order valence-electron chi connectivity index (χ0n) is 31.4. The van der Waals surface area contributed by atoms with Gasteiger partial charge in [0.15, 0.2) is 5.82 Å². The Morgan fingerprint density at radius 1 is 0.769 bits per heavy atom. The highest BCUT2D eigenvalue weighted by Gasteiger charge is 2.37. The number of imidazole rings is 2. The molecular formula is C41H52N6O5. The number of nitrogens with one attached hydrogen (secondary N) is 1. The molecule has 2 saturated heterocycles. The van der Waals surface area contributed by atoms with Crippen LogP contribution < -0.4 is 0 Å². The van der Waals surface area contributed by atoms with E-state index in [1.807, 2.05) is 47.7 Å². The second-order valence-corrected chi connectivity index (χ2v) is 16.4. The van der Waals surface area contributed by atoms with Gasteiger partial charge in [-0.15, -0.1) is 0 Å². The van der Waals surface area contributed by atoms with Crippen molar-refractivity contribution < 1.29 is 24.3 Å². The molecule has 1 unspecified atom stereocenters. The van der Waals surface area contributed by atoms with Crippen molar-refractivity contribution in [1.29, 1.82) is 0 Å². The van der Waals surface area contributed by atoms with Crippen molar-refractivity contribution in [3.8, 4) is 33.6 Å². The van der Waals surface area contributed by atoms with E-state index < -0.39 is 11.2 Å². The molecular weight excluding hydrogens is 656 g/mol. The van der Waals surface area contributed by atoms with Gasteiger partial charge in [0, 0.05) is 18.7 Å². The number of benzene rings is 2. The van der Waals surface area contributed by atoms with Crippen LogP contribution in [0.2, 0.25) is 0 Å². The van der Waals surface area contributed by atoms with E-state index in [0.717, 1.165) is 103 Å². The van der Waals surface area contributed by atoms with E-state index in [0.29, 0.717) is 18.9 Å². The number of ether oxygens (including phenoxy) is 2. The number of aromatic amines is 1. The van der Waals surface area contributed by atoms with Crippen LogP contribution in [-0.4, -0.2) is 71.2 Å². The molecule has 2 atom stereocenters. The molecule has 276 valence electrons. The largest absolute Gasteiger partial charge is 0.444 e. The fourth-order valence-corrected chi connectivity index (χ4v) is 7.76. The summed E-state index contributed by atoms with van der Waals surface area (Å²) in [6, 6.07) is 14.5. The summed E-state index contributed by atoms with van der Waals surface area (Å²) in [5, 5.41) is 11.5. The Balaban J connectivity index is 1.12. The van der Waals surface area contributed by atoms with Crippen LogP contribution in [0.3, 0.4) is 0 Å². The predicted molar refractivity (Wildman–Crippen MR) is 199 cm³/mol. The molecule has 0 bridgehead atoms. The number of nitrogens with zero attached hydrogens (tertiary/aromatic N) is 5. The van der Waals surface area contributed by atoms with E-state index in [2.05, 4.69) is 52.4 Å². The van der Waals surface area contributed by atoms with E-state index >= 15 is 0 Å². The summed E-state index contributed by atoms with van der Waals surface area (Å²) in [6.45, 7) is 12.5. The monoisotopic (exact) mass is 708 g/mol. The lowest BCUT2D eigenvalue weighted by atomic mass is 9.90. The third-order valence-corrected chi connectivity index (χ3v) is 10.2. The Hall–Kier alpha value is -4.80. The maximum Gasteiger partial charge on any atom is 0.410 e. The maximum atomic E-state index is 13.2. The minimum atomic E-state index is -0.607. The first kappa shape index (κ1) is 35.6. The second-order valence-electron chi connectivity index (χ2n) is 16.4. The number of carbonyl (C=O) groups is 2. The fourth-order valence-electron chi connectivity index (χ4n) is 7.76. The van der Waals surface area contributed by atoms with Crippen molar-refractivity contribution in [3.05, 3.63) is 71.6 Å². The summed E-state index contributed by atoms with van der Waals surface area (Å²) in [6.07, 6.45) is 9.06. The topological polar surface area (TPSA) is 126 Å². The Labute approximate surface area is 306 Å². The lowest BCUT2D eigenvalue weighted by Gasteiger charge is -2.36. The van der Waals surface area contributed by atoms with Crippen LogP contribution >= 0.6 is 0 Å². The number of H-pyrrole nitrogens is 1. The molecule has 2 amide bonds. The first-order chi connectivity index (χ1) is 24.8. The molecule has 52 heavy (non-hydrogen) atoms. The molecule has 0 radical (unpaired) electrons. The van der Waals surface area contributed by atoms with Crippen LogP contribution in [0, 0.1) is 0 Å². The minimum Gasteiger partial charge on any atom is -0.444 e. The van der Waals surface area contributed by atoms with Crippen molar-refractivity contribution in [2.45, 2.75) is 123 Å². The summed E-state index contributed by atoms with van der Waals surface area (Å²) in [5.41, 5.74) is 6.81. The Bertz CT molecular complexity index is 1930. The molecule has 2 fully saturated rings. The number of piperidine rings is 1. The Morgan fingerprint density at radius 2 is 1.38 bits per heavy atom. The Morgan fingerprint density at radius 3 is 2.10 bits per heavy atom. The molecule has 7 rings (SSSR count). The molecule has 2 aliphatic heterocycles. The molecule has 2 N–H and O–H groups in total. The molecule has 0 saturated carbocycles. The average Bonchev–Trinajstić information content (AvgIpc) is 3.84. The van der Waals surface area contributed by atoms with Crippen LogP contribution in [0.5, 0.6) is 0 Å². The lowest BCUT2D eigenvalue weighted by molar-refractivity contribution is 0.00533. The van der Waals surface area contributed by atoms with Gasteiger partial charge in [-0.05, 0) is 122 Å². The number of likely N-dealkylation sites (tertiary alicyclic amines) is 2. The number of rotatable bonds is 4. The minimum absolute atomic E-state index is 0.132. The number of fused-ring (bicyclic) bond motifs is 3.